The molecule has 1 atom stereocenters. The predicted octanol–water partition coefficient (Wildman–Crippen LogP) is 2.06. The van der Waals surface area contributed by atoms with Crippen molar-refractivity contribution in [1.29, 1.82) is 0 Å². The zero-order valence-corrected chi connectivity index (χ0v) is 15.0. The third kappa shape index (κ3) is 7.81. The Morgan fingerprint density at radius 2 is 1.79 bits per heavy atom. The van der Waals surface area contributed by atoms with Crippen LogP contribution in [0.4, 0.5) is 0 Å². The molecule has 5 nitrogen and oxygen atoms in total. The van der Waals surface area contributed by atoms with Crippen LogP contribution in [0.3, 0.4) is 0 Å². The fourth-order valence-corrected chi connectivity index (χ4v) is 2.34. The normalized spacial score (nSPS) is 11.5. The Labute approximate surface area is 148 Å². The van der Waals surface area contributed by atoms with Gasteiger partial charge in [-0.2, -0.15) is 0 Å². The fraction of sp³-hybridized carbons (Fsp3) is 0.333. The minimum Gasteiger partial charge on any atom is -0.508 e. The molecular formula is C18H27N3O2S. The number of hydrogen-bond acceptors (Lipinski definition) is 6. The molecule has 0 aliphatic carbocycles. The minimum atomic E-state index is -0.554. The Bertz CT molecular complexity index is 579. The number of phenolic OH excluding ortho intramolecular Hbond substituents is 1. The van der Waals surface area contributed by atoms with Crippen molar-refractivity contribution < 1.29 is 10.2 Å². The van der Waals surface area contributed by atoms with E-state index in [0.717, 1.165) is 23.4 Å². The molecule has 0 bridgehead atoms. The van der Waals surface area contributed by atoms with E-state index in [1.54, 1.807) is 31.3 Å². The quantitative estimate of drug-likeness (QED) is 0.492. The second-order valence-corrected chi connectivity index (χ2v) is 5.99. The molecule has 6 heteroatoms. The molecule has 2 aromatic carbocycles. The van der Waals surface area contributed by atoms with Gasteiger partial charge in [0.2, 0.25) is 0 Å². The van der Waals surface area contributed by atoms with Gasteiger partial charge in [0.25, 0.3) is 0 Å². The molecule has 0 amide bonds. The number of benzene rings is 2. The second kappa shape index (κ2) is 11.9. The lowest BCUT2D eigenvalue weighted by Crippen LogP contribution is -2.16. The Morgan fingerprint density at radius 3 is 2.33 bits per heavy atom. The first-order chi connectivity index (χ1) is 11.6. The highest BCUT2D eigenvalue weighted by molar-refractivity contribution is 7.97. The summed E-state index contributed by atoms with van der Waals surface area (Å²) in [6, 6.07) is 15.0. The van der Waals surface area contributed by atoms with E-state index in [9.17, 15) is 5.11 Å². The van der Waals surface area contributed by atoms with Crippen LogP contribution in [0.2, 0.25) is 0 Å². The van der Waals surface area contributed by atoms with Gasteiger partial charge in [0.1, 0.15) is 5.75 Å². The van der Waals surface area contributed by atoms with Crippen molar-refractivity contribution in [1.82, 2.24) is 10.6 Å². The average Bonchev–Trinajstić information content (AvgIpc) is 2.61. The van der Waals surface area contributed by atoms with Crippen LogP contribution >= 0.6 is 11.9 Å². The smallest absolute Gasteiger partial charge is 0.115 e. The number of aliphatic hydroxyl groups is 1. The molecule has 132 valence electrons. The molecule has 0 radical (unpaired) electrons. The van der Waals surface area contributed by atoms with Gasteiger partial charge in [-0.05, 0) is 74.4 Å². The van der Waals surface area contributed by atoms with Gasteiger partial charge < -0.3 is 20.8 Å². The van der Waals surface area contributed by atoms with E-state index in [1.807, 2.05) is 7.05 Å². The monoisotopic (exact) mass is 349 g/mol. The molecule has 0 fully saturated rings. The molecule has 0 spiro atoms. The molecule has 0 aliphatic rings. The van der Waals surface area contributed by atoms with E-state index >= 15 is 0 Å². The summed E-state index contributed by atoms with van der Waals surface area (Å²) in [6.45, 7) is 1.51. The van der Waals surface area contributed by atoms with Gasteiger partial charge >= 0.3 is 0 Å². The van der Waals surface area contributed by atoms with Crippen molar-refractivity contribution in [3.8, 4) is 5.75 Å². The molecule has 0 aromatic heterocycles. The Morgan fingerprint density at radius 1 is 1.08 bits per heavy atom. The zero-order valence-electron chi connectivity index (χ0n) is 14.2. The maximum Gasteiger partial charge on any atom is 0.115 e. The number of aliphatic hydroxyl groups excluding tert-OH is 1. The lowest BCUT2D eigenvalue weighted by molar-refractivity contribution is 0.177. The van der Waals surface area contributed by atoms with Gasteiger partial charge in [-0.25, -0.2) is 0 Å². The number of rotatable bonds is 7. The van der Waals surface area contributed by atoms with Gasteiger partial charge in [-0.1, -0.05) is 24.3 Å². The number of nitrogens with two attached hydrogens (primary N) is 1. The van der Waals surface area contributed by atoms with Gasteiger partial charge in [0, 0.05) is 11.4 Å². The zero-order chi connectivity index (χ0) is 17.8. The summed E-state index contributed by atoms with van der Waals surface area (Å²) >= 11 is 1.29. The largest absolute Gasteiger partial charge is 0.508 e. The van der Waals surface area contributed by atoms with Crippen molar-refractivity contribution in [2.24, 2.45) is 5.14 Å². The van der Waals surface area contributed by atoms with E-state index in [4.69, 9.17) is 10.2 Å². The highest BCUT2D eigenvalue weighted by atomic mass is 32.2. The van der Waals surface area contributed by atoms with Gasteiger partial charge in [-0.15, -0.1) is 0 Å². The SMILES string of the molecule is CNCC(O)c1cccc(O)c1.CNCCc1ccc(SN)cc1. The molecular weight excluding hydrogens is 322 g/mol. The molecule has 0 saturated heterocycles. The summed E-state index contributed by atoms with van der Waals surface area (Å²) in [5, 5.41) is 29.9. The summed E-state index contributed by atoms with van der Waals surface area (Å²) < 4.78 is 0. The van der Waals surface area contributed by atoms with Crippen LogP contribution in [0, 0.1) is 0 Å². The first kappa shape index (κ1) is 20.5. The van der Waals surface area contributed by atoms with Gasteiger partial charge in [0.15, 0.2) is 0 Å². The Kier molecular flexibility index (Phi) is 10.1. The number of hydrogen-bond donors (Lipinski definition) is 5. The van der Waals surface area contributed by atoms with E-state index in [2.05, 4.69) is 34.9 Å². The third-order valence-corrected chi connectivity index (χ3v) is 3.92. The summed E-state index contributed by atoms with van der Waals surface area (Å²) in [6.07, 6.45) is 0.522. The van der Waals surface area contributed by atoms with Crippen molar-refractivity contribution in [3.63, 3.8) is 0 Å². The van der Waals surface area contributed by atoms with Crippen LogP contribution in [0.5, 0.6) is 5.75 Å². The van der Waals surface area contributed by atoms with Gasteiger partial charge in [-0.3, -0.25) is 5.14 Å². The van der Waals surface area contributed by atoms with E-state index < -0.39 is 6.10 Å². The Hall–Kier alpha value is -1.57. The summed E-state index contributed by atoms with van der Waals surface area (Å²) in [5.74, 6) is 0.183. The fourth-order valence-electron chi connectivity index (χ4n) is 2.05. The first-order valence-corrected chi connectivity index (χ1v) is 8.70. The molecule has 0 aliphatic heterocycles. The number of likely N-dealkylation sites (N-methyl/N-ethyl adjacent to an activating group) is 2. The van der Waals surface area contributed by atoms with Gasteiger partial charge in [0.05, 0.1) is 6.10 Å². The van der Waals surface area contributed by atoms with E-state index in [1.165, 1.54) is 17.5 Å². The van der Waals surface area contributed by atoms with E-state index in [-0.39, 0.29) is 5.75 Å². The summed E-state index contributed by atoms with van der Waals surface area (Å²) in [5.41, 5.74) is 2.08. The second-order valence-electron chi connectivity index (χ2n) is 5.28. The number of aromatic hydroxyl groups is 1. The average molecular weight is 350 g/mol. The van der Waals surface area contributed by atoms with Crippen molar-refractivity contribution in [3.05, 3.63) is 59.7 Å². The predicted molar refractivity (Wildman–Crippen MR) is 101 cm³/mol. The standard InChI is InChI=1S/C9H14N2S.C9H13NO2/c1-11-7-6-8-2-4-9(12-10)5-3-8;1-10-6-9(12)7-3-2-4-8(11)5-7/h2-5,11H,6-7,10H2,1H3;2-5,9-12H,6H2,1H3. The highest BCUT2D eigenvalue weighted by Crippen LogP contribution is 2.17. The van der Waals surface area contributed by atoms with Crippen LogP contribution in [0.1, 0.15) is 17.2 Å². The maximum absolute atomic E-state index is 9.47. The number of nitrogens with one attached hydrogen (secondary N) is 2. The van der Waals surface area contributed by atoms with E-state index in [0.29, 0.717) is 6.54 Å². The van der Waals surface area contributed by atoms with Crippen molar-refractivity contribution in [2.45, 2.75) is 17.4 Å². The highest BCUT2D eigenvalue weighted by Gasteiger charge is 2.05. The van der Waals surface area contributed by atoms with Crippen molar-refractivity contribution >= 4 is 11.9 Å². The Balaban J connectivity index is 0.000000240. The third-order valence-electron chi connectivity index (χ3n) is 3.38. The molecule has 0 heterocycles. The lowest BCUT2D eigenvalue weighted by atomic mass is 10.1. The summed E-state index contributed by atoms with van der Waals surface area (Å²) in [7, 11) is 3.73. The summed E-state index contributed by atoms with van der Waals surface area (Å²) in [4.78, 5) is 1.11. The van der Waals surface area contributed by atoms with Crippen LogP contribution in [-0.4, -0.2) is 37.4 Å². The lowest BCUT2D eigenvalue weighted by Gasteiger charge is -2.09. The van der Waals surface area contributed by atoms with Crippen LogP contribution < -0.4 is 15.8 Å². The topological polar surface area (TPSA) is 90.5 Å². The minimum absolute atomic E-state index is 0.183. The van der Waals surface area contributed by atoms with Crippen LogP contribution in [0.15, 0.2) is 53.4 Å². The van der Waals surface area contributed by atoms with Crippen LogP contribution in [-0.2, 0) is 6.42 Å². The molecule has 0 saturated carbocycles. The van der Waals surface area contributed by atoms with Crippen LogP contribution in [0.25, 0.3) is 0 Å². The molecule has 2 rings (SSSR count). The molecule has 2 aromatic rings. The molecule has 1 unspecified atom stereocenters. The molecule has 6 N–H and O–H groups in total. The van der Waals surface area contributed by atoms with Crippen molar-refractivity contribution in [2.75, 3.05) is 27.2 Å². The first-order valence-electron chi connectivity index (χ1n) is 7.82. The number of phenols is 1. The maximum atomic E-state index is 9.47. The molecule has 24 heavy (non-hydrogen) atoms.